The van der Waals surface area contributed by atoms with Gasteiger partial charge in [0.1, 0.15) is 10.3 Å². The Morgan fingerprint density at radius 1 is 1.19 bits per heavy atom. The zero-order chi connectivity index (χ0) is 18.9. The quantitative estimate of drug-likeness (QED) is 0.815. The Balaban J connectivity index is 1.76. The van der Waals surface area contributed by atoms with Crippen LogP contribution in [-0.4, -0.2) is 57.4 Å². The molecule has 1 saturated heterocycles. The van der Waals surface area contributed by atoms with Crippen LogP contribution in [-0.2, 0) is 14.8 Å². The summed E-state index contributed by atoms with van der Waals surface area (Å²) in [5.74, 6) is 0.00263. The van der Waals surface area contributed by atoms with Gasteiger partial charge in [-0.2, -0.15) is 0 Å². The zero-order valence-electron chi connectivity index (χ0n) is 14.4. The maximum atomic E-state index is 12.6. The van der Waals surface area contributed by atoms with Gasteiger partial charge in [0.05, 0.1) is 4.34 Å². The van der Waals surface area contributed by atoms with Crippen LogP contribution in [0.25, 0.3) is 0 Å². The van der Waals surface area contributed by atoms with E-state index < -0.39 is 16.1 Å². The Kier molecular flexibility index (Phi) is 5.69. The summed E-state index contributed by atoms with van der Waals surface area (Å²) in [5, 5.41) is 0. The highest BCUT2D eigenvalue weighted by Gasteiger charge is 2.38. The summed E-state index contributed by atoms with van der Waals surface area (Å²) in [6.07, 6.45) is 0. The van der Waals surface area contributed by atoms with Crippen LogP contribution < -0.4 is 4.72 Å². The molecule has 0 saturated carbocycles. The normalized spacial score (nSPS) is 22.0. The molecule has 2 heterocycles. The van der Waals surface area contributed by atoms with Crippen molar-refractivity contribution < 1.29 is 13.2 Å². The van der Waals surface area contributed by atoms with Gasteiger partial charge in [0.15, 0.2) is 0 Å². The molecule has 1 aliphatic heterocycles. The molecule has 1 fully saturated rings. The van der Waals surface area contributed by atoms with Gasteiger partial charge in [-0.15, -0.1) is 11.3 Å². The summed E-state index contributed by atoms with van der Waals surface area (Å²) in [7, 11) is -0.0288. The number of piperazine rings is 1. The molecule has 2 atom stereocenters. The van der Waals surface area contributed by atoms with E-state index in [0.717, 1.165) is 16.9 Å². The number of halogens is 1. The topological polar surface area (TPSA) is 69.7 Å². The molecule has 0 aliphatic carbocycles. The third-order valence-corrected chi connectivity index (χ3v) is 7.66. The fourth-order valence-corrected chi connectivity index (χ4v) is 5.67. The highest BCUT2D eigenvalue weighted by molar-refractivity contribution is 7.91. The molecule has 6 nitrogen and oxygen atoms in total. The second-order valence-corrected chi connectivity index (χ2v) is 9.97. The third-order valence-electron chi connectivity index (χ3n) is 4.52. The first-order valence-electron chi connectivity index (χ1n) is 8.06. The van der Waals surface area contributed by atoms with Crippen LogP contribution in [0.2, 0.25) is 4.34 Å². The van der Waals surface area contributed by atoms with E-state index in [1.165, 1.54) is 6.07 Å². The first-order chi connectivity index (χ1) is 12.3. The van der Waals surface area contributed by atoms with Crippen molar-refractivity contribution in [2.75, 3.05) is 27.2 Å². The van der Waals surface area contributed by atoms with Crippen LogP contribution in [0.4, 0.5) is 0 Å². The van der Waals surface area contributed by atoms with Gasteiger partial charge in [-0.25, -0.2) is 13.1 Å². The smallest absolute Gasteiger partial charge is 0.250 e. The largest absolute Gasteiger partial charge is 0.342 e. The predicted molar refractivity (Wildman–Crippen MR) is 103 cm³/mol. The minimum atomic E-state index is -3.62. The SMILES string of the molecule is CN1C[C@@H](CNS(=O)(=O)c2ccc(Cl)s2)N(C)[C@@H](c2ccccc2)C1=O. The van der Waals surface area contributed by atoms with Gasteiger partial charge >= 0.3 is 0 Å². The lowest BCUT2D eigenvalue weighted by atomic mass is 9.99. The predicted octanol–water partition coefficient (Wildman–Crippen LogP) is 2.19. The van der Waals surface area contributed by atoms with Crippen LogP contribution in [0, 0.1) is 0 Å². The summed E-state index contributed by atoms with van der Waals surface area (Å²) in [5.41, 5.74) is 0.893. The first-order valence-corrected chi connectivity index (χ1v) is 10.7. The molecule has 0 bridgehead atoms. The second-order valence-electron chi connectivity index (χ2n) is 6.26. The number of nitrogens with one attached hydrogen (secondary N) is 1. The number of thiophene rings is 1. The molecule has 1 aromatic carbocycles. The van der Waals surface area contributed by atoms with Crippen molar-refractivity contribution >= 4 is 38.9 Å². The maximum Gasteiger partial charge on any atom is 0.250 e. The molecule has 140 valence electrons. The van der Waals surface area contributed by atoms with Gasteiger partial charge in [0, 0.05) is 26.2 Å². The van der Waals surface area contributed by atoms with E-state index in [-0.39, 0.29) is 22.7 Å². The van der Waals surface area contributed by atoms with Gasteiger partial charge in [-0.1, -0.05) is 41.9 Å². The van der Waals surface area contributed by atoms with Gasteiger partial charge < -0.3 is 4.90 Å². The van der Waals surface area contributed by atoms with Crippen molar-refractivity contribution in [2.45, 2.75) is 16.3 Å². The van der Waals surface area contributed by atoms with Crippen molar-refractivity contribution in [3.63, 3.8) is 0 Å². The highest BCUT2D eigenvalue weighted by atomic mass is 35.5. The summed E-state index contributed by atoms with van der Waals surface area (Å²) in [6, 6.07) is 12.0. The summed E-state index contributed by atoms with van der Waals surface area (Å²) in [6.45, 7) is 0.654. The van der Waals surface area contributed by atoms with Crippen LogP contribution in [0.1, 0.15) is 11.6 Å². The minimum Gasteiger partial charge on any atom is -0.342 e. The van der Waals surface area contributed by atoms with Crippen LogP contribution in [0.5, 0.6) is 0 Å². The van der Waals surface area contributed by atoms with Gasteiger partial charge in [0.25, 0.3) is 0 Å². The summed E-state index contributed by atoms with van der Waals surface area (Å²) >= 11 is 6.85. The Hall–Kier alpha value is -1.45. The van der Waals surface area contributed by atoms with E-state index in [1.54, 1.807) is 18.0 Å². The number of amides is 1. The number of nitrogens with zero attached hydrogens (tertiary/aromatic N) is 2. The summed E-state index contributed by atoms with van der Waals surface area (Å²) < 4.78 is 28.1. The average molecular weight is 414 g/mol. The monoisotopic (exact) mass is 413 g/mol. The van der Waals surface area contributed by atoms with Gasteiger partial charge in [-0.05, 0) is 24.7 Å². The molecule has 0 radical (unpaired) electrons. The number of carbonyl (C=O) groups excluding carboxylic acids is 1. The van der Waals surface area contributed by atoms with Gasteiger partial charge in [0.2, 0.25) is 15.9 Å². The molecule has 26 heavy (non-hydrogen) atoms. The second kappa shape index (κ2) is 7.66. The number of sulfonamides is 1. The Bertz CT molecular complexity index is 886. The first kappa shape index (κ1) is 19.3. The fraction of sp³-hybridized carbons (Fsp3) is 0.353. The number of hydrogen-bond acceptors (Lipinski definition) is 5. The Morgan fingerprint density at radius 2 is 1.88 bits per heavy atom. The van der Waals surface area contributed by atoms with E-state index in [4.69, 9.17) is 11.6 Å². The molecular formula is C17H20ClN3O3S2. The molecule has 0 spiro atoms. The van der Waals surface area contributed by atoms with Crippen molar-refractivity contribution in [1.29, 1.82) is 0 Å². The number of hydrogen-bond donors (Lipinski definition) is 1. The molecule has 1 aliphatic rings. The number of benzene rings is 1. The number of carbonyl (C=O) groups is 1. The van der Waals surface area contributed by atoms with Gasteiger partial charge in [-0.3, -0.25) is 9.69 Å². The van der Waals surface area contributed by atoms with E-state index in [2.05, 4.69) is 4.72 Å². The van der Waals surface area contributed by atoms with E-state index in [0.29, 0.717) is 10.9 Å². The minimum absolute atomic E-state index is 0.00263. The zero-order valence-corrected chi connectivity index (χ0v) is 16.8. The van der Waals surface area contributed by atoms with Crippen molar-refractivity contribution in [1.82, 2.24) is 14.5 Å². The average Bonchev–Trinajstić information content (AvgIpc) is 3.06. The van der Waals surface area contributed by atoms with E-state index in [9.17, 15) is 13.2 Å². The Labute approximate surface area is 162 Å². The van der Waals surface area contributed by atoms with Crippen LogP contribution in [0.15, 0.2) is 46.7 Å². The van der Waals surface area contributed by atoms with Crippen molar-refractivity contribution in [2.24, 2.45) is 0 Å². The molecule has 1 N–H and O–H groups in total. The van der Waals surface area contributed by atoms with Crippen molar-refractivity contribution in [3.8, 4) is 0 Å². The van der Waals surface area contributed by atoms with Crippen molar-refractivity contribution in [3.05, 3.63) is 52.4 Å². The van der Waals surface area contributed by atoms with Crippen LogP contribution in [0.3, 0.4) is 0 Å². The lowest BCUT2D eigenvalue weighted by molar-refractivity contribution is -0.142. The third kappa shape index (κ3) is 3.94. The molecule has 1 aromatic heterocycles. The molecule has 3 rings (SSSR count). The van der Waals surface area contributed by atoms with E-state index in [1.807, 2.05) is 42.3 Å². The molecule has 0 unspecified atom stereocenters. The van der Waals surface area contributed by atoms with Crippen LogP contribution >= 0.6 is 22.9 Å². The lowest BCUT2D eigenvalue weighted by Crippen LogP contribution is -2.58. The Morgan fingerprint density at radius 3 is 2.50 bits per heavy atom. The number of rotatable bonds is 5. The standard InChI is InChI=1S/C17H20ClN3O3S2/c1-20-11-13(10-19-26(23,24)15-9-8-14(18)25-15)21(2)16(17(20)22)12-6-4-3-5-7-12/h3-9,13,16,19H,10-11H2,1-2H3/t13-,16+/m1/s1. The van der Waals surface area contributed by atoms with E-state index >= 15 is 0 Å². The molecule has 2 aromatic rings. The number of likely N-dealkylation sites (N-methyl/N-ethyl adjacent to an activating group) is 2. The fourth-order valence-electron chi connectivity index (χ4n) is 3.07. The molecular weight excluding hydrogens is 394 g/mol. The molecule has 9 heteroatoms. The molecule has 1 amide bonds. The highest BCUT2D eigenvalue weighted by Crippen LogP contribution is 2.28. The summed E-state index contributed by atoms with van der Waals surface area (Å²) in [4.78, 5) is 16.2. The maximum absolute atomic E-state index is 12.6. The lowest BCUT2D eigenvalue weighted by Gasteiger charge is -2.43.